The first kappa shape index (κ1) is 17.0. The number of benzene rings is 1. The van der Waals surface area contributed by atoms with Gasteiger partial charge in [-0.15, -0.1) is 0 Å². The van der Waals surface area contributed by atoms with Crippen molar-refractivity contribution >= 4 is 34.8 Å². The molecule has 25 heavy (non-hydrogen) atoms. The highest BCUT2D eigenvalue weighted by molar-refractivity contribution is 6.30. The first-order chi connectivity index (χ1) is 12.0. The third-order valence-electron chi connectivity index (χ3n) is 3.72. The van der Waals surface area contributed by atoms with Crippen molar-refractivity contribution < 1.29 is 14.7 Å². The van der Waals surface area contributed by atoms with E-state index in [9.17, 15) is 9.59 Å². The number of hydrogen-bond donors (Lipinski definition) is 2. The molecule has 0 aliphatic rings. The smallest absolute Gasteiger partial charge is 0.335 e. The van der Waals surface area contributed by atoms with Crippen LogP contribution < -0.4 is 5.32 Å². The van der Waals surface area contributed by atoms with Gasteiger partial charge in [0.1, 0.15) is 11.3 Å². The first-order valence-corrected chi connectivity index (χ1v) is 8.18. The second-order valence-corrected chi connectivity index (χ2v) is 6.01. The van der Waals surface area contributed by atoms with Crippen molar-refractivity contribution in [2.75, 3.05) is 5.32 Å². The number of carboxylic acid groups (broad SMARTS) is 1. The van der Waals surface area contributed by atoms with E-state index in [1.165, 1.54) is 12.1 Å². The van der Waals surface area contributed by atoms with Crippen LogP contribution in [0.15, 0.2) is 42.6 Å². The SMILES string of the molecule is CCCc1nc2ccc(Cl)cn2c1C(=O)Nc1cccc(C(=O)O)c1. The summed E-state index contributed by atoms with van der Waals surface area (Å²) >= 11 is 6.05. The predicted octanol–water partition coefficient (Wildman–Crippen LogP) is 3.89. The molecule has 0 atom stereocenters. The summed E-state index contributed by atoms with van der Waals surface area (Å²) in [5, 5.41) is 12.3. The minimum absolute atomic E-state index is 0.104. The molecule has 3 rings (SSSR count). The molecule has 0 bridgehead atoms. The summed E-state index contributed by atoms with van der Waals surface area (Å²) in [5.41, 5.74) is 2.23. The van der Waals surface area contributed by atoms with E-state index >= 15 is 0 Å². The molecule has 2 heterocycles. The van der Waals surface area contributed by atoms with Crippen molar-refractivity contribution in [1.82, 2.24) is 9.38 Å². The zero-order valence-electron chi connectivity index (χ0n) is 13.5. The number of rotatable bonds is 5. The van der Waals surface area contributed by atoms with Gasteiger partial charge < -0.3 is 10.4 Å². The molecule has 0 aliphatic carbocycles. The number of aromatic nitrogens is 2. The maximum Gasteiger partial charge on any atom is 0.335 e. The number of aromatic carboxylic acids is 1. The quantitative estimate of drug-likeness (QED) is 0.725. The molecule has 0 aliphatic heterocycles. The highest BCUT2D eigenvalue weighted by Gasteiger charge is 2.19. The maximum atomic E-state index is 12.8. The zero-order valence-corrected chi connectivity index (χ0v) is 14.2. The maximum absolute atomic E-state index is 12.8. The fourth-order valence-corrected chi connectivity index (χ4v) is 2.80. The fourth-order valence-electron chi connectivity index (χ4n) is 2.64. The van der Waals surface area contributed by atoms with Crippen LogP contribution >= 0.6 is 11.6 Å². The largest absolute Gasteiger partial charge is 0.478 e. The molecule has 0 fully saturated rings. The molecule has 2 N–H and O–H groups in total. The number of imidazole rings is 1. The number of carbonyl (C=O) groups is 2. The molecule has 0 saturated carbocycles. The van der Waals surface area contributed by atoms with E-state index in [2.05, 4.69) is 10.3 Å². The standard InChI is InChI=1S/C18H16ClN3O3/c1-2-4-14-16(22-10-12(19)7-8-15(22)21-14)17(23)20-13-6-3-5-11(9-13)18(24)25/h3,5-10H,2,4H2,1H3,(H,20,23)(H,24,25). The Morgan fingerprint density at radius 2 is 2.08 bits per heavy atom. The minimum atomic E-state index is -1.05. The topological polar surface area (TPSA) is 83.7 Å². The fraction of sp³-hybridized carbons (Fsp3) is 0.167. The lowest BCUT2D eigenvalue weighted by Crippen LogP contribution is -2.16. The van der Waals surface area contributed by atoms with Gasteiger partial charge in [0, 0.05) is 11.9 Å². The van der Waals surface area contributed by atoms with Gasteiger partial charge in [-0.25, -0.2) is 9.78 Å². The lowest BCUT2D eigenvalue weighted by atomic mass is 10.2. The molecule has 6 nitrogen and oxygen atoms in total. The molecular weight excluding hydrogens is 342 g/mol. The number of halogens is 1. The Balaban J connectivity index is 2.01. The highest BCUT2D eigenvalue weighted by Crippen LogP contribution is 2.20. The zero-order chi connectivity index (χ0) is 18.0. The van der Waals surface area contributed by atoms with E-state index in [-0.39, 0.29) is 11.5 Å². The number of fused-ring (bicyclic) bond motifs is 1. The summed E-state index contributed by atoms with van der Waals surface area (Å²) in [6.07, 6.45) is 3.13. The summed E-state index contributed by atoms with van der Waals surface area (Å²) in [4.78, 5) is 28.4. The first-order valence-electron chi connectivity index (χ1n) is 7.80. The van der Waals surface area contributed by atoms with Crippen LogP contribution in [0.3, 0.4) is 0 Å². The Labute approximate surface area is 149 Å². The van der Waals surface area contributed by atoms with Crippen LogP contribution in [0, 0.1) is 0 Å². The molecule has 1 amide bonds. The minimum Gasteiger partial charge on any atom is -0.478 e. The average Bonchev–Trinajstić information content (AvgIpc) is 2.92. The summed E-state index contributed by atoms with van der Waals surface area (Å²) in [6, 6.07) is 9.57. The van der Waals surface area contributed by atoms with Crippen LogP contribution in [0.1, 0.15) is 39.9 Å². The van der Waals surface area contributed by atoms with Gasteiger partial charge in [0.15, 0.2) is 0 Å². The van der Waals surface area contributed by atoms with Crippen LogP contribution in [0.2, 0.25) is 5.02 Å². The number of carbonyl (C=O) groups excluding carboxylic acids is 1. The van der Waals surface area contributed by atoms with E-state index in [1.807, 2.05) is 6.92 Å². The van der Waals surface area contributed by atoms with Crippen molar-refractivity contribution in [2.45, 2.75) is 19.8 Å². The Bertz CT molecular complexity index is 965. The normalized spacial score (nSPS) is 10.8. The van der Waals surface area contributed by atoms with Crippen LogP contribution in [-0.4, -0.2) is 26.4 Å². The van der Waals surface area contributed by atoms with Crippen molar-refractivity contribution in [3.8, 4) is 0 Å². The highest BCUT2D eigenvalue weighted by atomic mass is 35.5. The number of amides is 1. The summed E-state index contributed by atoms with van der Waals surface area (Å²) < 4.78 is 1.66. The van der Waals surface area contributed by atoms with E-state index in [0.29, 0.717) is 34.2 Å². The average molecular weight is 358 g/mol. The van der Waals surface area contributed by atoms with Crippen LogP contribution in [0.4, 0.5) is 5.69 Å². The molecule has 3 aromatic rings. The number of aryl methyl sites for hydroxylation is 1. The van der Waals surface area contributed by atoms with Gasteiger partial charge in [-0.05, 0) is 36.8 Å². The molecular formula is C18H16ClN3O3. The molecule has 0 radical (unpaired) electrons. The third-order valence-corrected chi connectivity index (χ3v) is 3.95. The van der Waals surface area contributed by atoms with Gasteiger partial charge in [-0.3, -0.25) is 9.20 Å². The molecule has 0 saturated heterocycles. The van der Waals surface area contributed by atoms with Crippen molar-refractivity contribution in [3.05, 3.63) is 64.6 Å². The Morgan fingerprint density at radius 3 is 2.80 bits per heavy atom. The van der Waals surface area contributed by atoms with Gasteiger partial charge in [0.25, 0.3) is 5.91 Å². The Kier molecular flexibility index (Phi) is 4.72. The molecule has 2 aromatic heterocycles. The van der Waals surface area contributed by atoms with Crippen LogP contribution in [0.5, 0.6) is 0 Å². The number of anilines is 1. The molecule has 1 aromatic carbocycles. The van der Waals surface area contributed by atoms with E-state index in [1.54, 1.807) is 34.9 Å². The summed E-state index contributed by atoms with van der Waals surface area (Å²) in [6.45, 7) is 2.01. The monoisotopic (exact) mass is 357 g/mol. The van der Waals surface area contributed by atoms with E-state index in [4.69, 9.17) is 16.7 Å². The van der Waals surface area contributed by atoms with Gasteiger partial charge in [0.05, 0.1) is 16.3 Å². The van der Waals surface area contributed by atoms with Crippen molar-refractivity contribution in [2.24, 2.45) is 0 Å². The van der Waals surface area contributed by atoms with Crippen molar-refractivity contribution in [1.29, 1.82) is 0 Å². The number of nitrogens with zero attached hydrogens (tertiary/aromatic N) is 2. The van der Waals surface area contributed by atoms with Crippen molar-refractivity contribution in [3.63, 3.8) is 0 Å². The van der Waals surface area contributed by atoms with Gasteiger partial charge in [-0.1, -0.05) is 31.0 Å². The van der Waals surface area contributed by atoms with Gasteiger partial charge in [-0.2, -0.15) is 0 Å². The lowest BCUT2D eigenvalue weighted by molar-refractivity contribution is 0.0696. The second kappa shape index (κ2) is 6.94. The lowest BCUT2D eigenvalue weighted by Gasteiger charge is -2.08. The number of pyridine rings is 1. The molecule has 128 valence electrons. The molecule has 7 heteroatoms. The van der Waals surface area contributed by atoms with Crippen LogP contribution in [-0.2, 0) is 6.42 Å². The van der Waals surface area contributed by atoms with Gasteiger partial charge >= 0.3 is 5.97 Å². The Hall–Kier alpha value is -2.86. The van der Waals surface area contributed by atoms with E-state index in [0.717, 1.165) is 6.42 Å². The molecule has 0 unspecified atom stereocenters. The molecule has 0 spiro atoms. The summed E-state index contributed by atoms with van der Waals surface area (Å²) in [5.74, 6) is -1.41. The van der Waals surface area contributed by atoms with Crippen LogP contribution in [0.25, 0.3) is 5.65 Å². The number of carboxylic acids is 1. The second-order valence-electron chi connectivity index (χ2n) is 5.57. The number of nitrogens with one attached hydrogen (secondary N) is 1. The Morgan fingerprint density at radius 1 is 1.28 bits per heavy atom. The van der Waals surface area contributed by atoms with E-state index < -0.39 is 5.97 Å². The number of hydrogen-bond acceptors (Lipinski definition) is 3. The predicted molar refractivity (Wildman–Crippen MR) is 95.6 cm³/mol. The van der Waals surface area contributed by atoms with Gasteiger partial charge in [0.2, 0.25) is 0 Å². The summed E-state index contributed by atoms with van der Waals surface area (Å²) in [7, 11) is 0. The third kappa shape index (κ3) is 3.49.